The molecule has 1 aromatic rings. The zero-order chi connectivity index (χ0) is 19.4. The van der Waals surface area contributed by atoms with E-state index in [4.69, 9.17) is 9.88 Å². The molecule has 3 aliphatic heterocycles. The Labute approximate surface area is 163 Å². The van der Waals surface area contributed by atoms with Crippen LogP contribution in [-0.2, 0) is 24.8 Å². The molecular formula is C15H24N4O5S3. The van der Waals surface area contributed by atoms with Crippen LogP contribution in [0.1, 0.15) is 18.5 Å². The fourth-order valence-corrected chi connectivity index (χ4v) is 8.53. The lowest BCUT2D eigenvalue weighted by atomic mass is 10.0. The van der Waals surface area contributed by atoms with E-state index in [1.807, 2.05) is 6.92 Å². The Balaban J connectivity index is 1.72. The minimum absolute atomic E-state index is 0.0920. The highest BCUT2D eigenvalue weighted by Gasteiger charge is 2.48. The predicted octanol–water partition coefficient (Wildman–Crippen LogP) is -0.523. The van der Waals surface area contributed by atoms with Gasteiger partial charge in [-0.2, -0.15) is 4.31 Å². The summed E-state index contributed by atoms with van der Waals surface area (Å²) in [5.74, 6) is 0. The van der Waals surface area contributed by atoms with Gasteiger partial charge >= 0.3 is 0 Å². The molecule has 2 saturated heterocycles. The SMILES string of the molecule is CCN1CC(CN2CCOCC2)N2CC1c1cc(S(N)(=O)=O)sc1S2(=O)=O. The van der Waals surface area contributed by atoms with Crippen LogP contribution in [0.15, 0.2) is 14.5 Å². The molecule has 0 aliphatic carbocycles. The number of ether oxygens (including phenoxy) is 1. The summed E-state index contributed by atoms with van der Waals surface area (Å²) in [4.78, 5) is 4.46. The Morgan fingerprint density at radius 3 is 2.63 bits per heavy atom. The van der Waals surface area contributed by atoms with Crippen LogP contribution in [0.2, 0.25) is 0 Å². The van der Waals surface area contributed by atoms with Crippen LogP contribution in [0.5, 0.6) is 0 Å². The van der Waals surface area contributed by atoms with Gasteiger partial charge in [0.05, 0.1) is 25.3 Å². The van der Waals surface area contributed by atoms with Crippen LogP contribution in [0.4, 0.5) is 0 Å². The first-order valence-corrected chi connectivity index (χ1v) is 12.7. The van der Waals surface area contributed by atoms with Gasteiger partial charge in [-0.3, -0.25) is 9.80 Å². The fraction of sp³-hybridized carbons (Fsp3) is 0.733. The molecule has 2 bridgehead atoms. The number of nitrogens with two attached hydrogens (primary N) is 1. The maximum absolute atomic E-state index is 13.2. The highest BCUT2D eigenvalue weighted by atomic mass is 32.3. The standard InChI is InChI=1S/C15H24N4O5S3/c1-2-18-9-11(8-17-3-5-24-6-4-17)19-10-13(18)12-7-14(26(16,20)21)25-15(12)27(19,22)23/h7,11,13H,2-6,8-10H2,1H3,(H2,16,20,21). The third kappa shape index (κ3) is 3.46. The van der Waals surface area contributed by atoms with Gasteiger partial charge in [-0.15, -0.1) is 11.3 Å². The molecule has 1 aromatic heterocycles. The Hall–Kier alpha value is -0.600. The van der Waals surface area contributed by atoms with Gasteiger partial charge in [0.25, 0.3) is 10.0 Å². The molecule has 4 rings (SSSR count). The van der Waals surface area contributed by atoms with E-state index in [0.717, 1.165) is 31.0 Å². The summed E-state index contributed by atoms with van der Waals surface area (Å²) in [6.07, 6.45) is 0. The number of primary sulfonamides is 1. The first-order valence-electron chi connectivity index (χ1n) is 8.94. The number of piperazine rings is 1. The lowest BCUT2D eigenvalue weighted by Gasteiger charge is -2.49. The van der Waals surface area contributed by atoms with Gasteiger partial charge in [0.1, 0.15) is 8.42 Å². The number of rotatable bonds is 4. The van der Waals surface area contributed by atoms with Crippen molar-refractivity contribution in [3.8, 4) is 0 Å². The second-order valence-electron chi connectivity index (χ2n) is 7.10. The van der Waals surface area contributed by atoms with Crippen LogP contribution in [-0.4, -0.2) is 89.5 Å². The van der Waals surface area contributed by atoms with E-state index in [1.54, 1.807) is 4.31 Å². The molecule has 0 amide bonds. The summed E-state index contributed by atoms with van der Waals surface area (Å²) in [5, 5.41) is 5.25. The summed E-state index contributed by atoms with van der Waals surface area (Å²) in [6.45, 7) is 7.32. The molecule has 3 atom stereocenters. The van der Waals surface area contributed by atoms with Crippen molar-refractivity contribution >= 4 is 31.4 Å². The first-order chi connectivity index (χ1) is 12.7. The van der Waals surface area contributed by atoms with E-state index < -0.39 is 20.0 Å². The van der Waals surface area contributed by atoms with Crippen molar-refractivity contribution in [2.24, 2.45) is 5.14 Å². The Bertz CT molecular complexity index is 923. The molecule has 2 fully saturated rings. The minimum atomic E-state index is -3.94. The monoisotopic (exact) mass is 436 g/mol. The van der Waals surface area contributed by atoms with E-state index in [1.165, 1.54) is 6.07 Å². The first kappa shape index (κ1) is 19.7. The summed E-state index contributed by atoms with van der Waals surface area (Å²) >= 11 is 0.764. The number of nitrogens with zero attached hydrogens (tertiary/aromatic N) is 3. The normalized spacial score (nSPS) is 31.6. The number of hydrogen-bond donors (Lipinski definition) is 1. The van der Waals surface area contributed by atoms with Gasteiger partial charge in [0.15, 0.2) is 0 Å². The molecule has 0 radical (unpaired) electrons. The second-order valence-corrected chi connectivity index (χ2v) is 12.0. The molecular weight excluding hydrogens is 412 g/mol. The van der Waals surface area contributed by atoms with Crippen molar-refractivity contribution in [1.82, 2.24) is 14.1 Å². The Morgan fingerprint density at radius 1 is 1.30 bits per heavy atom. The van der Waals surface area contributed by atoms with Crippen LogP contribution in [0.3, 0.4) is 0 Å². The molecule has 0 aromatic carbocycles. The molecule has 3 aliphatic rings. The van der Waals surface area contributed by atoms with Gasteiger partial charge in [-0.1, -0.05) is 6.92 Å². The Morgan fingerprint density at radius 2 is 2.00 bits per heavy atom. The van der Waals surface area contributed by atoms with Crippen LogP contribution < -0.4 is 5.14 Å². The van der Waals surface area contributed by atoms with Crippen LogP contribution in [0.25, 0.3) is 0 Å². The third-order valence-electron chi connectivity index (χ3n) is 5.51. The number of hydrogen-bond acceptors (Lipinski definition) is 8. The van der Waals surface area contributed by atoms with Gasteiger partial charge < -0.3 is 4.74 Å². The molecule has 12 heteroatoms. The highest BCUT2D eigenvalue weighted by Crippen LogP contribution is 2.45. The number of fused-ring (bicyclic) bond motifs is 4. The highest BCUT2D eigenvalue weighted by molar-refractivity contribution is 7.94. The van der Waals surface area contributed by atoms with Crippen molar-refractivity contribution in [2.75, 3.05) is 52.5 Å². The van der Waals surface area contributed by atoms with Crippen LogP contribution in [0, 0.1) is 0 Å². The molecule has 9 nitrogen and oxygen atoms in total. The van der Waals surface area contributed by atoms with Crippen molar-refractivity contribution in [3.63, 3.8) is 0 Å². The Kier molecular flexibility index (Phi) is 5.13. The molecule has 4 heterocycles. The number of sulfonamides is 2. The van der Waals surface area contributed by atoms with Crippen molar-refractivity contribution in [1.29, 1.82) is 0 Å². The molecule has 152 valence electrons. The fourth-order valence-electron chi connectivity index (χ4n) is 4.14. The van der Waals surface area contributed by atoms with E-state index >= 15 is 0 Å². The van der Waals surface area contributed by atoms with E-state index in [-0.39, 0.29) is 20.5 Å². The smallest absolute Gasteiger partial charge is 0.253 e. The maximum atomic E-state index is 13.2. The van der Waals surface area contributed by atoms with Crippen molar-refractivity contribution in [2.45, 2.75) is 27.4 Å². The lowest BCUT2D eigenvalue weighted by Crippen LogP contribution is -2.61. The topological polar surface area (TPSA) is 113 Å². The number of thiophene rings is 1. The number of morpholine rings is 1. The van der Waals surface area contributed by atoms with E-state index in [0.29, 0.717) is 38.4 Å². The largest absolute Gasteiger partial charge is 0.379 e. The zero-order valence-electron chi connectivity index (χ0n) is 15.1. The van der Waals surface area contributed by atoms with Gasteiger partial charge in [0, 0.05) is 38.3 Å². The van der Waals surface area contributed by atoms with Gasteiger partial charge in [0.2, 0.25) is 10.0 Å². The second kappa shape index (κ2) is 7.02. The van der Waals surface area contributed by atoms with Crippen molar-refractivity contribution in [3.05, 3.63) is 11.6 Å². The predicted molar refractivity (Wildman–Crippen MR) is 101 cm³/mol. The summed E-state index contributed by atoms with van der Waals surface area (Å²) in [7, 11) is -7.68. The molecule has 0 spiro atoms. The molecule has 27 heavy (non-hydrogen) atoms. The summed E-state index contributed by atoms with van der Waals surface area (Å²) in [6, 6.07) is 1.14. The average molecular weight is 437 g/mol. The van der Waals surface area contributed by atoms with Gasteiger partial charge in [-0.25, -0.2) is 22.0 Å². The number of likely N-dealkylation sites (N-methyl/N-ethyl adjacent to an activating group) is 1. The summed E-state index contributed by atoms with van der Waals surface area (Å²) < 4.78 is 57.0. The minimum Gasteiger partial charge on any atom is -0.379 e. The molecule has 2 N–H and O–H groups in total. The lowest BCUT2D eigenvalue weighted by molar-refractivity contribution is 0.00893. The van der Waals surface area contributed by atoms with Gasteiger partial charge in [-0.05, 0) is 12.6 Å². The quantitative estimate of drug-likeness (QED) is 0.675. The third-order valence-corrected chi connectivity index (χ3v) is 10.5. The molecule has 3 unspecified atom stereocenters. The summed E-state index contributed by atoms with van der Waals surface area (Å²) in [5.41, 5.74) is 0.562. The zero-order valence-corrected chi connectivity index (χ0v) is 17.5. The maximum Gasteiger partial charge on any atom is 0.253 e. The average Bonchev–Trinajstić information content (AvgIpc) is 3.08. The van der Waals surface area contributed by atoms with Crippen molar-refractivity contribution < 1.29 is 21.6 Å². The van der Waals surface area contributed by atoms with E-state index in [9.17, 15) is 16.8 Å². The molecule has 0 saturated carbocycles. The van der Waals surface area contributed by atoms with E-state index in [2.05, 4.69) is 9.80 Å². The van der Waals surface area contributed by atoms with Crippen LogP contribution >= 0.6 is 11.3 Å².